The highest BCUT2D eigenvalue weighted by Gasteiger charge is 2.14. The number of fused-ring (bicyclic) bond motifs is 1. The monoisotopic (exact) mass is 251 g/mol. The number of ether oxygens (including phenoxy) is 3. The number of likely N-dealkylation sites (N-methyl/N-ethyl adjacent to an activating group) is 1. The minimum Gasteiger partial charge on any atom is -0.486 e. The van der Waals surface area contributed by atoms with Crippen molar-refractivity contribution in [1.82, 2.24) is 4.90 Å². The summed E-state index contributed by atoms with van der Waals surface area (Å²) in [7, 11) is 3.77. The van der Waals surface area contributed by atoms with E-state index in [0.29, 0.717) is 19.9 Å². The SMILES string of the molecule is COCN(C)CCc1cc2c(cc1C)OCCO2. The first-order valence-electron chi connectivity index (χ1n) is 6.27. The Morgan fingerprint density at radius 3 is 2.56 bits per heavy atom. The summed E-state index contributed by atoms with van der Waals surface area (Å²) in [6.07, 6.45) is 0.988. The van der Waals surface area contributed by atoms with Crippen molar-refractivity contribution in [2.75, 3.05) is 40.6 Å². The minimum absolute atomic E-state index is 0.638. The molecule has 2 rings (SSSR count). The molecule has 0 amide bonds. The topological polar surface area (TPSA) is 30.9 Å². The van der Waals surface area contributed by atoms with Gasteiger partial charge in [-0.25, -0.2) is 0 Å². The van der Waals surface area contributed by atoms with Crippen molar-refractivity contribution in [1.29, 1.82) is 0 Å². The Labute approximate surface area is 108 Å². The molecule has 0 aliphatic carbocycles. The van der Waals surface area contributed by atoms with Crippen LogP contribution in [0.1, 0.15) is 11.1 Å². The molecule has 0 saturated carbocycles. The molecule has 0 fully saturated rings. The van der Waals surface area contributed by atoms with Crippen LogP contribution in [0.2, 0.25) is 0 Å². The molecule has 1 heterocycles. The molecule has 4 nitrogen and oxygen atoms in total. The molecule has 0 unspecified atom stereocenters. The van der Waals surface area contributed by atoms with E-state index in [1.54, 1.807) is 7.11 Å². The smallest absolute Gasteiger partial charge is 0.161 e. The van der Waals surface area contributed by atoms with Gasteiger partial charge in [0.1, 0.15) is 13.2 Å². The Hall–Kier alpha value is -1.26. The van der Waals surface area contributed by atoms with Crippen molar-refractivity contribution in [2.24, 2.45) is 0 Å². The Balaban J connectivity index is 2.04. The second kappa shape index (κ2) is 6.07. The van der Waals surface area contributed by atoms with Gasteiger partial charge in [0.2, 0.25) is 0 Å². The third-order valence-corrected chi connectivity index (χ3v) is 3.11. The van der Waals surface area contributed by atoms with Crippen LogP contribution in [0.5, 0.6) is 11.5 Å². The maximum atomic E-state index is 5.61. The molecule has 0 atom stereocenters. The maximum absolute atomic E-state index is 5.61. The van der Waals surface area contributed by atoms with E-state index in [-0.39, 0.29) is 0 Å². The highest BCUT2D eigenvalue weighted by atomic mass is 16.6. The summed E-state index contributed by atoms with van der Waals surface area (Å²) < 4.78 is 16.3. The molecule has 1 aliphatic rings. The second-order valence-corrected chi connectivity index (χ2v) is 4.67. The third kappa shape index (κ3) is 3.15. The number of aryl methyl sites for hydroxylation is 1. The summed E-state index contributed by atoms with van der Waals surface area (Å²) in [4.78, 5) is 2.15. The molecule has 4 heteroatoms. The number of methoxy groups -OCH3 is 1. The van der Waals surface area contributed by atoms with Gasteiger partial charge in [-0.1, -0.05) is 0 Å². The molecule has 0 aromatic heterocycles. The fourth-order valence-corrected chi connectivity index (χ4v) is 2.10. The van der Waals surface area contributed by atoms with Crippen molar-refractivity contribution in [2.45, 2.75) is 13.3 Å². The molecule has 100 valence electrons. The lowest BCUT2D eigenvalue weighted by molar-refractivity contribution is 0.0826. The molecule has 0 radical (unpaired) electrons. The molecule has 1 aliphatic heterocycles. The van der Waals surface area contributed by atoms with Gasteiger partial charge in [0.15, 0.2) is 11.5 Å². The summed E-state index contributed by atoms with van der Waals surface area (Å²) in [5.41, 5.74) is 2.56. The van der Waals surface area contributed by atoms with Crippen molar-refractivity contribution in [3.05, 3.63) is 23.3 Å². The van der Waals surface area contributed by atoms with Crippen molar-refractivity contribution < 1.29 is 14.2 Å². The average Bonchev–Trinajstić information content (AvgIpc) is 2.36. The molecule has 1 aromatic carbocycles. The molecule has 0 saturated heterocycles. The Morgan fingerprint density at radius 1 is 1.22 bits per heavy atom. The van der Waals surface area contributed by atoms with E-state index in [2.05, 4.69) is 31.0 Å². The predicted octanol–water partition coefficient (Wildman–Crippen LogP) is 1.84. The van der Waals surface area contributed by atoms with Gasteiger partial charge in [0.05, 0.1) is 6.73 Å². The van der Waals surface area contributed by atoms with E-state index in [1.807, 2.05) is 0 Å². The zero-order valence-electron chi connectivity index (χ0n) is 11.4. The minimum atomic E-state index is 0.638. The van der Waals surface area contributed by atoms with E-state index in [1.165, 1.54) is 11.1 Å². The summed E-state index contributed by atoms with van der Waals surface area (Å²) in [6.45, 7) is 5.02. The number of hydrogen-bond donors (Lipinski definition) is 0. The Bertz CT molecular complexity index is 406. The highest BCUT2D eigenvalue weighted by molar-refractivity contribution is 5.47. The van der Waals surface area contributed by atoms with E-state index >= 15 is 0 Å². The molecule has 18 heavy (non-hydrogen) atoms. The van der Waals surface area contributed by atoms with Crippen molar-refractivity contribution in [3.8, 4) is 11.5 Å². The van der Waals surface area contributed by atoms with E-state index in [9.17, 15) is 0 Å². The molecule has 1 aromatic rings. The van der Waals surface area contributed by atoms with Crippen LogP contribution in [0.4, 0.5) is 0 Å². The largest absolute Gasteiger partial charge is 0.486 e. The second-order valence-electron chi connectivity index (χ2n) is 4.67. The van der Waals surface area contributed by atoms with E-state index in [0.717, 1.165) is 24.5 Å². The quantitative estimate of drug-likeness (QED) is 0.747. The summed E-state index contributed by atoms with van der Waals surface area (Å²) in [5.74, 6) is 1.74. The van der Waals surface area contributed by atoms with Crippen LogP contribution >= 0.6 is 0 Å². The van der Waals surface area contributed by atoms with Gasteiger partial charge in [-0.3, -0.25) is 4.90 Å². The van der Waals surface area contributed by atoms with Crippen LogP contribution in [0.3, 0.4) is 0 Å². The normalized spacial score (nSPS) is 14.0. The number of nitrogens with zero attached hydrogens (tertiary/aromatic N) is 1. The fraction of sp³-hybridized carbons (Fsp3) is 0.571. The van der Waals surface area contributed by atoms with Crippen LogP contribution in [-0.4, -0.2) is 45.5 Å². The summed E-state index contributed by atoms with van der Waals surface area (Å²) in [5, 5.41) is 0. The van der Waals surface area contributed by atoms with Crippen molar-refractivity contribution >= 4 is 0 Å². The number of hydrogen-bond acceptors (Lipinski definition) is 4. The van der Waals surface area contributed by atoms with Crippen LogP contribution in [0.15, 0.2) is 12.1 Å². The van der Waals surface area contributed by atoms with E-state index in [4.69, 9.17) is 14.2 Å². The molecule has 0 N–H and O–H groups in total. The van der Waals surface area contributed by atoms with Crippen LogP contribution in [0.25, 0.3) is 0 Å². The number of benzene rings is 1. The lowest BCUT2D eigenvalue weighted by atomic mass is 10.0. The number of rotatable bonds is 5. The first kappa shape index (κ1) is 13.2. The Kier molecular flexibility index (Phi) is 4.44. The van der Waals surface area contributed by atoms with Crippen molar-refractivity contribution in [3.63, 3.8) is 0 Å². The lowest BCUT2D eigenvalue weighted by Gasteiger charge is -2.21. The van der Waals surface area contributed by atoms with Gasteiger partial charge in [0, 0.05) is 13.7 Å². The van der Waals surface area contributed by atoms with Gasteiger partial charge in [-0.05, 0) is 43.7 Å². The first-order valence-corrected chi connectivity index (χ1v) is 6.27. The predicted molar refractivity (Wildman–Crippen MR) is 70.4 cm³/mol. The van der Waals surface area contributed by atoms with Crippen LogP contribution in [0, 0.1) is 6.92 Å². The van der Waals surface area contributed by atoms with Gasteiger partial charge in [0.25, 0.3) is 0 Å². The summed E-state index contributed by atoms with van der Waals surface area (Å²) >= 11 is 0. The lowest BCUT2D eigenvalue weighted by Crippen LogP contribution is -2.23. The molecular weight excluding hydrogens is 230 g/mol. The standard InChI is InChI=1S/C14H21NO3/c1-11-8-13-14(18-7-6-17-13)9-12(11)4-5-15(2)10-16-3/h8-9H,4-7,10H2,1-3H3. The highest BCUT2D eigenvalue weighted by Crippen LogP contribution is 2.33. The Morgan fingerprint density at radius 2 is 1.89 bits per heavy atom. The van der Waals surface area contributed by atoms with Gasteiger partial charge in [-0.15, -0.1) is 0 Å². The van der Waals surface area contributed by atoms with Crippen LogP contribution in [-0.2, 0) is 11.2 Å². The maximum Gasteiger partial charge on any atom is 0.161 e. The van der Waals surface area contributed by atoms with Gasteiger partial charge >= 0.3 is 0 Å². The first-order chi connectivity index (χ1) is 8.70. The molecular formula is C14H21NO3. The van der Waals surface area contributed by atoms with Gasteiger partial charge in [-0.2, -0.15) is 0 Å². The molecule has 0 bridgehead atoms. The summed E-state index contributed by atoms with van der Waals surface area (Å²) in [6, 6.07) is 4.17. The average molecular weight is 251 g/mol. The zero-order chi connectivity index (χ0) is 13.0. The third-order valence-electron chi connectivity index (χ3n) is 3.11. The zero-order valence-corrected chi connectivity index (χ0v) is 11.4. The van der Waals surface area contributed by atoms with E-state index < -0.39 is 0 Å². The van der Waals surface area contributed by atoms with Gasteiger partial charge < -0.3 is 14.2 Å². The fourth-order valence-electron chi connectivity index (χ4n) is 2.10. The molecule has 0 spiro atoms. The van der Waals surface area contributed by atoms with Crippen LogP contribution < -0.4 is 9.47 Å².